The molecular weight excluding hydrogens is 210 g/mol. The van der Waals surface area contributed by atoms with E-state index in [0.29, 0.717) is 5.41 Å². The summed E-state index contributed by atoms with van der Waals surface area (Å²) in [6.07, 6.45) is 6.56. The zero-order valence-electron chi connectivity index (χ0n) is 12.9. The molecule has 0 bridgehead atoms. The number of hydrogen-bond acceptors (Lipinski definition) is 2. The van der Waals surface area contributed by atoms with Gasteiger partial charge in [0.05, 0.1) is 0 Å². The minimum absolute atomic E-state index is 0.444. The van der Waals surface area contributed by atoms with Crippen LogP contribution in [0.1, 0.15) is 52.9 Å². The fraction of sp³-hybridized carbons (Fsp3) is 1.00. The second-order valence-corrected chi connectivity index (χ2v) is 6.71. The zero-order valence-corrected chi connectivity index (χ0v) is 12.9. The van der Waals surface area contributed by atoms with Crippen molar-refractivity contribution >= 4 is 0 Å². The minimum atomic E-state index is 0.444. The van der Waals surface area contributed by atoms with Crippen molar-refractivity contribution in [3.8, 4) is 0 Å². The number of ether oxygens (including phenoxy) is 1. The van der Waals surface area contributed by atoms with Gasteiger partial charge in [-0.25, -0.2) is 0 Å². The van der Waals surface area contributed by atoms with Crippen LogP contribution < -0.4 is 0 Å². The summed E-state index contributed by atoms with van der Waals surface area (Å²) < 4.78 is 5.22. The topological polar surface area (TPSA) is 12.5 Å². The lowest BCUT2D eigenvalue weighted by atomic mass is 9.81. The molecule has 0 aromatic rings. The molecule has 0 rings (SSSR count). The van der Waals surface area contributed by atoms with Gasteiger partial charge in [-0.3, -0.25) is 0 Å². The molecular formula is C15H33NO. The molecule has 0 aliphatic heterocycles. The molecule has 0 unspecified atom stereocenters. The van der Waals surface area contributed by atoms with E-state index in [4.69, 9.17) is 4.74 Å². The van der Waals surface area contributed by atoms with Crippen LogP contribution in [0.2, 0.25) is 0 Å². The molecule has 0 heterocycles. The molecule has 0 saturated carbocycles. The number of rotatable bonds is 9. The van der Waals surface area contributed by atoms with Gasteiger partial charge in [0.25, 0.3) is 0 Å². The Morgan fingerprint density at radius 2 is 1.71 bits per heavy atom. The lowest BCUT2D eigenvalue weighted by Crippen LogP contribution is -2.16. The summed E-state index contributed by atoms with van der Waals surface area (Å²) in [5.41, 5.74) is 0.444. The maximum atomic E-state index is 5.22. The predicted octanol–water partition coefficient (Wildman–Crippen LogP) is 3.81. The third-order valence-electron chi connectivity index (χ3n) is 3.10. The summed E-state index contributed by atoms with van der Waals surface area (Å²) in [7, 11) is 6.11. The molecule has 0 aliphatic rings. The van der Waals surface area contributed by atoms with Crippen molar-refractivity contribution in [3.63, 3.8) is 0 Å². The van der Waals surface area contributed by atoms with E-state index in [-0.39, 0.29) is 0 Å². The molecule has 2 nitrogen and oxygen atoms in total. The normalized spacial score (nSPS) is 14.3. The fourth-order valence-electron chi connectivity index (χ4n) is 2.36. The second kappa shape index (κ2) is 8.93. The highest BCUT2D eigenvalue weighted by atomic mass is 16.5. The first-order valence-corrected chi connectivity index (χ1v) is 6.99. The Morgan fingerprint density at radius 3 is 2.18 bits per heavy atom. The Morgan fingerprint density at radius 1 is 1.06 bits per heavy atom. The van der Waals surface area contributed by atoms with Gasteiger partial charge in [-0.2, -0.15) is 0 Å². The van der Waals surface area contributed by atoms with Gasteiger partial charge in [-0.05, 0) is 51.2 Å². The molecule has 0 radical (unpaired) electrons. The Labute approximate surface area is 109 Å². The molecule has 0 aliphatic carbocycles. The van der Waals surface area contributed by atoms with Gasteiger partial charge < -0.3 is 9.64 Å². The van der Waals surface area contributed by atoms with E-state index in [1.807, 2.05) is 0 Å². The Balaban J connectivity index is 3.85. The lowest BCUT2D eigenvalue weighted by Gasteiger charge is -2.26. The van der Waals surface area contributed by atoms with E-state index < -0.39 is 0 Å². The van der Waals surface area contributed by atoms with E-state index >= 15 is 0 Å². The van der Waals surface area contributed by atoms with E-state index in [2.05, 4.69) is 39.8 Å². The predicted molar refractivity (Wildman–Crippen MR) is 76.5 cm³/mol. The Bertz CT molecular complexity index is 172. The molecule has 0 amide bonds. The molecule has 0 N–H and O–H groups in total. The number of methoxy groups -OCH3 is 1. The van der Waals surface area contributed by atoms with Crippen LogP contribution in [-0.4, -0.2) is 39.3 Å². The van der Waals surface area contributed by atoms with Crippen LogP contribution in [-0.2, 0) is 4.74 Å². The molecule has 0 aromatic carbocycles. The summed E-state index contributed by atoms with van der Waals surface area (Å²) in [6, 6.07) is 0. The molecule has 2 heteroatoms. The SMILES string of the molecule is COCC[C@@H](CCCCN(C)C)CC(C)(C)C. The maximum absolute atomic E-state index is 5.22. The summed E-state index contributed by atoms with van der Waals surface area (Å²) in [4.78, 5) is 2.27. The van der Waals surface area contributed by atoms with Crippen molar-refractivity contribution in [1.29, 1.82) is 0 Å². The van der Waals surface area contributed by atoms with Gasteiger partial charge in [-0.15, -0.1) is 0 Å². The van der Waals surface area contributed by atoms with Gasteiger partial charge in [-0.1, -0.05) is 33.6 Å². The van der Waals surface area contributed by atoms with E-state index in [9.17, 15) is 0 Å². The van der Waals surface area contributed by atoms with Crippen LogP contribution in [0.15, 0.2) is 0 Å². The molecule has 0 fully saturated rings. The number of unbranched alkanes of at least 4 members (excludes halogenated alkanes) is 1. The highest BCUT2D eigenvalue weighted by Gasteiger charge is 2.18. The average Bonchev–Trinajstić information content (AvgIpc) is 2.18. The Hall–Kier alpha value is -0.0800. The summed E-state index contributed by atoms with van der Waals surface area (Å²) in [6.45, 7) is 9.15. The lowest BCUT2D eigenvalue weighted by molar-refractivity contribution is 0.157. The maximum Gasteiger partial charge on any atom is 0.0464 e. The number of nitrogens with zero attached hydrogens (tertiary/aromatic N) is 1. The molecule has 17 heavy (non-hydrogen) atoms. The van der Waals surface area contributed by atoms with Crippen molar-refractivity contribution in [1.82, 2.24) is 4.90 Å². The largest absolute Gasteiger partial charge is 0.385 e. The highest BCUT2D eigenvalue weighted by Crippen LogP contribution is 2.29. The molecule has 0 spiro atoms. The molecule has 1 atom stereocenters. The zero-order chi connectivity index (χ0) is 13.3. The first-order valence-electron chi connectivity index (χ1n) is 6.99. The smallest absolute Gasteiger partial charge is 0.0464 e. The summed E-state index contributed by atoms with van der Waals surface area (Å²) >= 11 is 0. The van der Waals surface area contributed by atoms with E-state index in [0.717, 1.165) is 12.5 Å². The number of hydrogen-bond donors (Lipinski definition) is 0. The minimum Gasteiger partial charge on any atom is -0.385 e. The van der Waals surface area contributed by atoms with Crippen LogP contribution in [0.25, 0.3) is 0 Å². The van der Waals surface area contributed by atoms with Crippen LogP contribution >= 0.6 is 0 Å². The molecule has 0 aromatic heterocycles. The van der Waals surface area contributed by atoms with Gasteiger partial charge >= 0.3 is 0 Å². The average molecular weight is 243 g/mol. The van der Waals surface area contributed by atoms with Crippen molar-refractivity contribution in [2.75, 3.05) is 34.4 Å². The van der Waals surface area contributed by atoms with Crippen LogP contribution in [0.4, 0.5) is 0 Å². The first kappa shape index (κ1) is 16.9. The van der Waals surface area contributed by atoms with Gasteiger partial charge in [0.1, 0.15) is 0 Å². The van der Waals surface area contributed by atoms with Crippen molar-refractivity contribution < 1.29 is 4.74 Å². The summed E-state index contributed by atoms with van der Waals surface area (Å²) in [5, 5.41) is 0. The third kappa shape index (κ3) is 12.2. The summed E-state index contributed by atoms with van der Waals surface area (Å²) in [5.74, 6) is 0.831. The van der Waals surface area contributed by atoms with E-state index in [1.165, 1.54) is 38.6 Å². The van der Waals surface area contributed by atoms with Gasteiger partial charge in [0, 0.05) is 13.7 Å². The second-order valence-electron chi connectivity index (χ2n) is 6.71. The van der Waals surface area contributed by atoms with Gasteiger partial charge in [0.2, 0.25) is 0 Å². The highest BCUT2D eigenvalue weighted by molar-refractivity contribution is 4.69. The van der Waals surface area contributed by atoms with Crippen LogP contribution in [0, 0.1) is 11.3 Å². The third-order valence-corrected chi connectivity index (χ3v) is 3.10. The monoisotopic (exact) mass is 243 g/mol. The standard InChI is InChI=1S/C15H33NO/c1-15(2,3)13-14(10-12-17-6)9-7-8-11-16(4)5/h14H,7-13H2,1-6H3/t14-/m1/s1. The quantitative estimate of drug-likeness (QED) is 0.571. The van der Waals surface area contributed by atoms with Crippen molar-refractivity contribution in [2.24, 2.45) is 11.3 Å². The van der Waals surface area contributed by atoms with Crippen LogP contribution in [0.5, 0.6) is 0 Å². The van der Waals surface area contributed by atoms with Crippen molar-refractivity contribution in [2.45, 2.75) is 52.9 Å². The fourth-order valence-corrected chi connectivity index (χ4v) is 2.36. The molecule has 0 saturated heterocycles. The Kier molecular flexibility index (Phi) is 8.89. The first-order chi connectivity index (χ1) is 7.85. The van der Waals surface area contributed by atoms with Crippen molar-refractivity contribution in [3.05, 3.63) is 0 Å². The van der Waals surface area contributed by atoms with E-state index in [1.54, 1.807) is 7.11 Å². The molecule has 104 valence electrons. The van der Waals surface area contributed by atoms with Gasteiger partial charge in [0.15, 0.2) is 0 Å². The van der Waals surface area contributed by atoms with Crippen LogP contribution in [0.3, 0.4) is 0 Å².